The van der Waals surface area contributed by atoms with Crippen LogP contribution in [0.5, 0.6) is 0 Å². The van der Waals surface area contributed by atoms with E-state index in [4.69, 9.17) is 19.9 Å². The fraction of sp³-hybridized carbons (Fsp3) is 0.584. The van der Waals surface area contributed by atoms with Crippen molar-refractivity contribution in [3.05, 3.63) is 142 Å². The summed E-state index contributed by atoms with van der Waals surface area (Å²) in [4.78, 5) is 174. The molecule has 20 rings (SSSR count). The van der Waals surface area contributed by atoms with Crippen molar-refractivity contribution in [2.75, 3.05) is 199 Å². The van der Waals surface area contributed by atoms with Gasteiger partial charge in [0, 0.05) is 189 Å². The lowest BCUT2D eigenvalue weighted by Crippen LogP contribution is -2.66. The maximum atomic E-state index is 16.8. The molecule has 138 heavy (non-hydrogen) atoms. The monoisotopic (exact) mass is 1900 g/mol. The van der Waals surface area contributed by atoms with Crippen molar-refractivity contribution in [2.45, 2.75) is 185 Å². The highest BCUT2D eigenvalue weighted by atomic mass is 19.1. The predicted octanol–water partition coefficient (Wildman–Crippen LogP) is 7.86. The molecule has 4 unspecified atom stereocenters. The molecule has 37 heteroatoms. The van der Waals surface area contributed by atoms with Crippen molar-refractivity contribution in [1.29, 1.82) is 0 Å². The smallest absolute Gasteiger partial charge is 0.262 e. The summed E-state index contributed by atoms with van der Waals surface area (Å²) in [6.45, 7) is 20.9. The molecular weight excluding hydrogens is 1770 g/mol. The Bertz CT molecular complexity index is 5750. The van der Waals surface area contributed by atoms with Gasteiger partial charge in [0.2, 0.25) is 35.4 Å². The molecule has 12 fully saturated rings. The molecule has 0 radical (unpaired) electrons. The number of anilines is 8. The SMILES string of the molecule is CN(CCNc1ccc2c(c1)C(=O)N(C1CCC(=O)NC1=O)C2=O)C1C[C@@H]2CN(CCCNc3cc(N4CCC5(CC4)CN(c4cc(F)c(CN6CCC(C)(C)CC6)cc4F)CC(=O)N5)nc(CC4(C)CCN(Cc5cc(F)c(N6CC(=O)NC7(CCN(c8cc(N9C[C@H]%10CC(N(C)CCNc%11ccc%12c(c%11)C(=O)N(C%11CCC(=O)NC%11=O)C%12=O)C[C@H]%10C9)ncn8)CC7)C6)cc5F)CC4)n3)C[C@@H]2C1. The molecule has 2 spiro atoms. The van der Waals surface area contributed by atoms with Gasteiger partial charge < -0.3 is 65.8 Å². The van der Waals surface area contributed by atoms with Gasteiger partial charge >= 0.3 is 0 Å². The highest BCUT2D eigenvalue weighted by Gasteiger charge is 2.51. The molecular formula is C101H127F4N23O10. The zero-order valence-corrected chi connectivity index (χ0v) is 79.6. The first-order valence-electron chi connectivity index (χ1n) is 49.8. The van der Waals surface area contributed by atoms with E-state index in [2.05, 4.69) is 117 Å². The van der Waals surface area contributed by atoms with E-state index >= 15 is 17.6 Å². The third kappa shape index (κ3) is 19.7. The van der Waals surface area contributed by atoms with E-state index in [0.29, 0.717) is 175 Å². The van der Waals surface area contributed by atoms with Crippen LogP contribution in [0.2, 0.25) is 0 Å². The number of nitrogens with zero attached hydrogens (tertiary/aromatic N) is 16. The number of hydrogen-bond donors (Lipinski definition) is 7. The van der Waals surface area contributed by atoms with E-state index in [1.165, 1.54) is 24.3 Å². The number of imide groups is 4. The molecule has 734 valence electrons. The number of likely N-dealkylation sites (N-methyl/N-ethyl adjacent to an activating group) is 2. The molecule has 10 amide bonds. The fourth-order valence-corrected chi connectivity index (χ4v) is 24.7. The van der Waals surface area contributed by atoms with Crippen LogP contribution in [0.4, 0.5) is 63.6 Å². The number of aromatic nitrogens is 4. The third-order valence-electron chi connectivity index (χ3n) is 33.0. The van der Waals surface area contributed by atoms with Crippen LogP contribution < -0.4 is 61.7 Å². The van der Waals surface area contributed by atoms with Crippen LogP contribution in [0.3, 0.4) is 0 Å². The Hall–Kier alpha value is -11.5. The lowest BCUT2D eigenvalue weighted by molar-refractivity contribution is -0.137. The zero-order valence-electron chi connectivity index (χ0n) is 79.6. The average Bonchev–Trinajstić information content (AvgIpc) is 1.66. The van der Waals surface area contributed by atoms with Crippen LogP contribution in [-0.4, -0.2) is 307 Å². The number of nitrogens with one attached hydrogen (secondary N) is 7. The Balaban J connectivity index is 0.428. The predicted molar refractivity (Wildman–Crippen MR) is 511 cm³/mol. The minimum absolute atomic E-state index is 0.0543. The van der Waals surface area contributed by atoms with Crippen LogP contribution >= 0.6 is 0 Å². The van der Waals surface area contributed by atoms with Crippen LogP contribution in [0.1, 0.15) is 188 Å². The number of benzene rings is 4. The first kappa shape index (κ1) is 94.1. The van der Waals surface area contributed by atoms with E-state index in [9.17, 15) is 47.9 Å². The Morgan fingerprint density at radius 3 is 1.37 bits per heavy atom. The van der Waals surface area contributed by atoms with E-state index in [1.807, 2.05) is 6.07 Å². The third-order valence-corrected chi connectivity index (χ3v) is 33.0. The number of amides is 10. The van der Waals surface area contributed by atoms with Crippen LogP contribution in [0.25, 0.3) is 0 Å². The molecule has 14 heterocycles. The van der Waals surface area contributed by atoms with E-state index in [1.54, 1.807) is 52.5 Å². The maximum absolute atomic E-state index is 16.8. The first-order chi connectivity index (χ1) is 66.3. The van der Waals surface area contributed by atoms with E-state index < -0.39 is 93.7 Å². The second-order valence-corrected chi connectivity index (χ2v) is 43.1. The van der Waals surface area contributed by atoms with Gasteiger partial charge in [0.1, 0.15) is 70.8 Å². The lowest BCUT2D eigenvalue weighted by Gasteiger charge is -2.48. The molecule has 12 aliphatic heterocycles. The van der Waals surface area contributed by atoms with Crippen LogP contribution in [0, 0.1) is 57.8 Å². The first-order valence-corrected chi connectivity index (χ1v) is 49.8. The largest absolute Gasteiger partial charge is 0.384 e. The van der Waals surface area contributed by atoms with Crippen LogP contribution in [0.15, 0.2) is 79.1 Å². The van der Waals surface area contributed by atoms with E-state index in [0.717, 1.165) is 144 Å². The highest BCUT2D eigenvalue weighted by Crippen LogP contribution is 2.46. The molecule has 6 aromatic rings. The van der Waals surface area contributed by atoms with Gasteiger partial charge in [-0.25, -0.2) is 37.5 Å². The number of piperazine rings is 2. The summed E-state index contributed by atoms with van der Waals surface area (Å²) < 4.78 is 65.9. The Labute approximate surface area is 801 Å². The second kappa shape index (κ2) is 38.2. The van der Waals surface area contributed by atoms with Crippen molar-refractivity contribution in [3.8, 4) is 0 Å². The minimum atomic E-state index is -1.02. The fourth-order valence-electron chi connectivity index (χ4n) is 24.7. The summed E-state index contributed by atoms with van der Waals surface area (Å²) in [6.07, 6.45) is 13.3. The number of rotatable bonds is 28. The average molecular weight is 1900 g/mol. The topological polar surface area (TPSA) is 345 Å². The Kier molecular flexibility index (Phi) is 26.1. The number of halogens is 4. The number of hydrogen-bond acceptors (Lipinski definition) is 27. The van der Waals surface area contributed by atoms with Gasteiger partial charge in [-0.05, 0) is 226 Å². The van der Waals surface area contributed by atoms with Crippen molar-refractivity contribution < 1.29 is 65.5 Å². The number of carbonyl (C=O) groups excluding carboxylic acids is 10. The van der Waals surface area contributed by atoms with E-state index in [-0.39, 0.29) is 107 Å². The van der Waals surface area contributed by atoms with Gasteiger partial charge in [0.05, 0.1) is 57.8 Å². The summed E-state index contributed by atoms with van der Waals surface area (Å²) in [7, 11) is 4.30. The summed E-state index contributed by atoms with van der Waals surface area (Å²) in [6, 6.07) is 18.1. The molecule has 7 N–H and O–H groups in total. The van der Waals surface area contributed by atoms with Crippen molar-refractivity contribution in [1.82, 2.24) is 75.5 Å². The molecule has 0 bridgehead atoms. The molecule has 2 saturated carbocycles. The number of fused-ring (bicyclic) bond motifs is 4. The van der Waals surface area contributed by atoms with Crippen molar-refractivity contribution in [2.24, 2.45) is 34.5 Å². The second-order valence-electron chi connectivity index (χ2n) is 43.1. The molecule has 2 aromatic heterocycles. The Morgan fingerprint density at radius 2 is 0.891 bits per heavy atom. The standard InChI is InChI=1S/C101H127F4N23O10/c1-98(2)15-27-119(28-16-98)52-65-41-77(104)81(45-75(65)102)126-57-91(132)116-101(59-126)21-33-123(34-22-101)87-47-83(108-23-6-26-121-50-61-37-69(38-62(61)51-121)117(4)35-24-106-67-7-9-71-73(43-67)96(137)127(94(71)135)79-11-13-88(129)113-92(79)133)111-84(112-87)49-99(3)17-29-120(30-18-99)53-66-42-78(105)82(46-76(66)103)125-56-90(131)115-100(58-125)19-31-122(32-20-100)85-48-86(110-60-109-85)124-54-63-39-70(40-64(63)55-124)118(5)36-25-107-68-8-10-72-74(44-68)97(138)128(95(72)136)80-12-14-89(130)114-93(80)134/h7-10,41-48,60-64,69-70,79-80,106-107H,6,11-40,49-59H2,1-5H3,(H,115,131)(H,116,132)(H,108,111,112)(H,113,129,133)(H,114,130,134)/t61-,62+,63-,64+,69?,70?,79?,80?. The molecule has 33 nitrogen and oxygen atoms in total. The van der Waals surface area contributed by atoms with Gasteiger partial charge in [-0.2, -0.15) is 0 Å². The number of carbonyl (C=O) groups is 10. The van der Waals surface area contributed by atoms with Gasteiger partial charge in [-0.3, -0.25) is 78.2 Å². The normalized spacial score (nSPS) is 25.9. The highest BCUT2D eigenvalue weighted by molar-refractivity contribution is 6.25. The van der Waals surface area contributed by atoms with Crippen LogP contribution in [-0.2, 0) is 48.3 Å². The number of likely N-dealkylation sites (tertiary alicyclic amines) is 3. The van der Waals surface area contributed by atoms with Crippen molar-refractivity contribution >= 4 is 105 Å². The quantitative estimate of drug-likeness (QED) is 0.0140. The lowest BCUT2D eigenvalue weighted by atomic mass is 9.77. The summed E-state index contributed by atoms with van der Waals surface area (Å²) >= 11 is 0. The van der Waals surface area contributed by atoms with Gasteiger partial charge in [-0.15, -0.1) is 0 Å². The van der Waals surface area contributed by atoms with Gasteiger partial charge in [0.25, 0.3) is 23.6 Å². The molecule has 8 atom stereocenters. The summed E-state index contributed by atoms with van der Waals surface area (Å²) in [5.74, 6) is -0.942. The molecule has 2 aliphatic carbocycles. The zero-order chi connectivity index (χ0) is 96.0. The summed E-state index contributed by atoms with van der Waals surface area (Å²) in [5, 5.41) is 21.6. The number of piperidine rings is 6. The maximum Gasteiger partial charge on any atom is 0.262 e. The summed E-state index contributed by atoms with van der Waals surface area (Å²) in [5.41, 5.74) is 1.66. The van der Waals surface area contributed by atoms with Gasteiger partial charge in [-0.1, -0.05) is 20.8 Å². The minimum Gasteiger partial charge on any atom is -0.384 e. The van der Waals surface area contributed by atoms with Crippen molar-refractivity contribution in [3.63, 3.8) is 0 Å². The molecule has 4 aromatic carbocycles. The van der Waals surface area contributed by atoms with Gasteiger partial charge in [0.15, 0.2) is 0 Å². The Morgan fingerprint density at radius 1 is 0.442 bits per heavy atom. The molecule has 14 aliphatic rings. The molecule has 10 saturated heterocycles.